The molecular formula is C20H18ClN5OS2. The highest BCUT2D eigenvalue weighted by molar-refractivity contribution is 7.99. The summed E-state index contributed by atoms with van der Waals surface area (Å²) < 4.78 is 1.90. The van der Waals surface area contributed by atoms with Gasteiger partial charge in [-0.25, -0.2) is 4.98 Å². The molecule has 0 bridgehead atoms. The number of thiophene rings is 1. The molecule has 0 atom stereocenters. The molecule has 1 aliphatic rings. The van der Waals surface area contributed by atoms with Crippen molar-refractivity contribution in [1.82, 2.24) is 24.9 Å². The van der Waals surface area contributed by atoms with E-state index in [0.717, 1.165) is 34.3 Å². The van der Waals surface area contributed by atoms with Crippen LogP contribution in [0.25, 0.3) is 15.9 Å². The summed E-state index contributed by atoms with van der Waals surface area (Å²) in [7, 11) is 0. The number of hydrogen-bond acceptors (Lipinski definition) is 6. The largest absolute Gasteiger partial charge is 0.351 e. The molecule has 3 aromatic heterocycles. The highest BCUT2D eigenvalue weighted by Crippen LogP contribution is 2.37. The summed E-state index contributed by atoms with van der Waals surface area (Å²) in [5.41, 5.74) is 3.12. The minimum atomic E-state index is -0.0754. The van der Waals surface area contributed by atoms with Gasteiger partial charge in [0.2, 0.25) is 5.91 Å². The van der Waals surface area contributed by atoms with Gasteiger partial charge in [-0.2, -0.15) is 0 Å². The number of aryl methyl sites for hydroxylation is 2. The molecule has 1 N–H and O–H groups in total. The molecule has 0 fully saturated rings. The third kappa shape index (κ3) is 3.60. The second kappa shape index (κ2) is 7.93. The van der Waals surface area contributed by atoms with E-state index >= 15 is 0 Å². The van der Waals surface area contributed by atoms with Gasteiger partial charge in [-0.15, -0.1) is 21.5 Å². The van der Waals surface area contributed by atoms with Crippen LogP contribution in [0, 0.1) is 0 Å². The summed E-state index contributed by atoms with van der Waals surface area (Å²) in [6.07, 6.45) is 6.43. The Hall–Kier alpha value is -2.16. The molecule has 1 amide bonds. The first-order valence-electron chi connectivity index (χ1n) is 9.47. The van der Waals surface area contributed by atoms with Crippen LogP contribution >= 0.6 is 34.7 Å². The maximum atomic E-state index is 12.3. The molecule has 148 valence electrons. The second-order valence-corrected chi connectivity index (χ2v) is 9.40. The van der Waals surface area contributed by atoms with E-state index in [-0.39, 0.29) is 11.7 Å². The van der Waals surface area contributed by atoms with Gasteiger partial charge in [0.1, 0.15) is 11.2 Å². The number of aromatic nitrogens is 4. The highest BCUT2D eigenvalue weighted by atomic mass is 35.5. The van der Waals surface area contributed by atoms with Crippen LogP contribution in [0.5, 0.6) is 0 Å². The number of hydrogen-bond donors (Lipinski definition) is 1. The van der Waals surface area contributed by atoms with E-state index < -0.39 is 0 Å². The first-order valence-corrected chi connectivity index (χ1v) is 11.7. The summed E-state index contributed by atoms with van der Waals surface area (Å²) in [6, 6.07) is 7.49. The molecule has 9 heteroatoms. The van der Waals surface area contributed by atoms with Crippen molar-refractivity contribution in [2.24, 2.45) is 0 Å². The highest BCUT2D eigenvalue weighted by Gasteiger charge is 2.21. The fourth-order valence-corrected chi connectivity index (χ4v) is 5.81. The first-order chi connectivity index (χ1) is 14.2. The van der Waals surface area contributed by atoms with Gasteiger partial charge >= 0.3 is 0 Å². The Morgan fingerprint density at radius 2 is 2.10 bits per heavy atom. The van der Waals surface area contributed by atoms with Gasteiger partial charge in [0.15, 0.2) is 10.8 Å². The van der Waals surface area contributed by atoms with E-state index in [1.807, 2.05) is 28.7 Å². The molecule has 29 heavy (non-hydrogen) atoms. The van der Waals surface area contributed by atoms with Gasteiger partial charge in [0.25, 0.3) is 0 Å². The Morgan fingerprint density at radius 1 is 1.24 bits per heavy atom. The molecule has 0 saturated carbocycles. The van der Waals surface area contributed by atoms with E-state index in [0.29, 0.717) is 16.7 Å². The molecule has 0 radical (unpaired) electrons. The number of rotatable bonds is 5. The molecule has 1 aliphatic carbocycles. The zero-order valence-electron chi connectivity index (χ0n) is 15.5. The van der Waals surface area contributed by atoms with E-state index in [2.05, 4.69) is 20.5 Å². The van der Waals surface area contributed by atoms with Gasteiger partial charge in [-0.05, 0) is 42.9 Å². The zero-order valence-corrected chi connectivity index (χ0v) is 17.9. The molecule has 6 nitrogen and oxygen atoms in total. The summed E-state index contributed by atoms with van der Waals surface area (Å²) in [4.78, 5) is 19.4. The van der Waals surface area contributed by atoms with Crippen molar-refractivity contribution in [2.45, 2.75) is 37.4 Å². The van der Waals surface area contributed by atoms with Crippen molar-refractivity contribution in [3.8, 4) is 0 Å². The summed E-state index contributed by atoms with van der Waals surface area (Å²) in [5, 5.41) is 14.1. The van der Waals surface area contributed by atoms with Crippen LogP contribution in [0.3, 0.4) is 0 Å². The average Bonchev–Trinajstić information content (AvgIpc) is 3.32. The third-order valence-electron chi connectivity index (χ3n) is 5.10. The Morgan fingerprint density at radius 3 is 3.00 bits per heavy atom. The van der Waals surface area contributed by atoms with Gasteiger partial charge in [0, 0.05) is 16.4 Å². The monoisotopic (exact) mass is 443 g/mol. The Balaban J connectivity index is 1.32. The van der Waals surface area contributed by atoms with Crippen molar-refractivity contribution in [3.63, 3.8) is 0 Å². The maximum absolute atomic E-state index is 12.3. The fourth-order valence-electron chi connectivity index (χ4n) is 3.65. The molecular weight excluding hydrogens is 426 g/mol. The van der Waals surface area contributed by atoms with Gasteiger partial charge in [-0.3, -0.25) is 9.20 Å². The minimum absolute atomic E-state index is 0.0754. The van der Waals surface area contributed by atoms with Crippen molar-refractivity contribution < 1.29 is 4.79 Å². The van der Waals surface area contributed by atoms with Crippen molar-refractivity contribution >= 4 is 56.5 Å². The van der Waals surface area contributed by atoms with Crippen LogP contribution < -0.4 is 5.32 Å². The number of nitrogens with one attached hydrogen (secondary N) is 1. The normalized spacial score (nSPS) is 13.7. The SMILES string of the molecule is O=C(CSc1nnc2c3c4c(sc3ncn12)CCCC4)NCc1ccccc1Cl. The van der Waals surface area contributed by atoms with Crippen LogP contribution in [0.1, 0.15) is 28.8 Å². The maximum Gasteiger partial charge on any atom is 0.230 e. The molecule has 0 aliphatic heterocycles. The van der Waals surface area contributed by atoms with E-state index in [1.54, 1.807) is 17.7 Å². The second-order valence-electron chi connectivity index (χ2n) is 6.97. The number of carbonyl (C=O) groups is 1. The van der Waals surface area contributed by atoms with Gasteiger partial charge < -0.3 is 5.32 Å². The first kappa shape index (κ1) is 18.8. The lowest BCUT2D eigenvalue weighted by Crippen LogP contribution is -2.24. The van der Waals surface area contributed by atoms with Crippen molar-refractivity contribution in [3.05, 3.63) is 51.6 Å². The molecule has 0 spiro atoms. The minimum Gasteiger partial charge on any atom is -0.351 e. The van der Waals surface area contributed by atoms with Crippen LogP contribution in [0.2, 0.25) is 5.02 Å². The number of thioether (sulfide) groups is 1. The van der Waals surface area contributed by atoms with Crippen molar-refractivity contribution in [1.29, 1.82) is 0 Å². The Labute approximate surface area is 180 Å². The lowest BCUT2D eigenvalue weighted by atomic mass is 9.97. The summed E-state index contributed by atoms with van der Waals surface area (Å²) >= 11 is 9.27. The van der Waals surface area contributed by atoms with Gasteiger partial charge in [-0.1, -0.05) is 41.6 Å². The molecule has 0 unspecified atom stereocenters. The summed E-state index contributed by atoms with van der Waals surface area (Å²) in [5.74, 6) is 0.180. The average molecular weight is 444 g/mol. The number of carbonyl (C=O) groups excluding carboxylic acids is 1. The predicted octanol–water partition coefficient (Wildman–Crippen LogP) is 4.28. The lowest BCUT2D eigenvalue weighted by molar-refractivity contribution is -0.118. The van der Waals surface area contributed by atoms with E-state index in [9.17, 15) is 4.79 Å². The lowest BCUT2D eigenvalue weighted by Gasteiger charge is -2.10. The van der Waals surface area contributed by atoms with Crippen LogP contribution in [0.15, 0.2) is 35.7 Å². The molecule has 0 saturated heterocycles. The van der Waals surface area contributed by atoms with Crippen LogP contribution in [0.4, 0.5) is 0 Å². The molecule has 3 heterocycles. The number of nitrogens with zero attached hydrogens (tertiary/aromatic N) is 4. The van der Waals surface area contributed by atoms with E-state index in [1.165, 1.54) is 35.0 Å². The fraction of sp³-hybridized carbons (Fsp3) is 0.300. The quantitative estimate of drug-likeness (QED) is 0.466. The zero-order chi connectivity index (χ0) is 19.8. The predicted molar refractivity (Wildman–Crippen MR) is 117 cm³/mol. The van der Waals surface area contributed by atoms with Crippen molar-refractivity contribution in [2.75, 3.05) is 5.75 Å². The molecule has 1 aromatic carbocycles. The molecule has 4 aromatic rings. The van der Waals surface area contributed by atoms with E-state index in [4.69, 9.17) is 11.6 Å². The Kier molecular flexibility index (Phi) is 5.15. The smallest absolute Gasteiger partial charge is 0.230 e. The Bertz CT molecular complexity index is 1220. The number of amides is 1. The van der Waals surface area contributed by atoms with Gasteiger partial charge in [0.05, 0.1) is 11.1 Å². The number of halogens is 1. The van der Waals surface area contributed by atoms with Crippen LogP contribution in [-0.2, 0) is 24.2 Å². The third-order valence-corrected chi connectivity index (χ3v) is 7.61. The number of fused-ring (bicyclic) bond motifs is 5. The standard InChI is InChI=1S/C20H18ClN5OS2/c21-14-7-3-1-5-12(14)9-22-16(27)10-28-20-25-24-18-17-13-6-2-4-8-15(13)29-19(17)23-11-26(18)20/h1,3,5,7,11H,2,4,6,8-10H2,(H,22,27). The number of benzene rings is 1. The molecule has 5 rings (SSSR count). The topological polar surface area (TPSA) is 72.2 Å². The van der Waals surface area contributed by atoms with Crippen LogP contribution in [-0.4, -0.2) is 31.2 Å². The summed E-state index contributed by atoms with van der Waals surface area (Å²) in [6.45, 7) is 0.406.